The molecule has 3 aromatic rings. The molecule has 6 nitrogen and oxygen atoms in total. The maximum absolute atomic E-state index is 12.2. The van der Waals surface area contributed by atoms with Crippen molar-refractivity contribution in [3.8, 4) is 11.1 Å². The molecule has 1 N–H and O–H groups in total. The summed E-state index contributed by atoms with van der Waals surface area (Å²) in [5, 5.41) is 10.00. The van der Waals surface area contributed by atoms with Crippen molar-refractivity contribution in [3.63, 3.8) is 0 Å². The number of carbonyl (C=O) groups is 1. The zero-order valence-electron chi connectivity index (χ0n) is 10.9. The zero-order chi connectivity index (χ0) is 14.7. The van der Waals surface area contributed by atoms with Gasteiger partial charge in [-0.25, -0.2) is 9.02 Å². The van der Waals surface area contributed by atoms with Gasteiger partial charge in [-0.15, -0.1) is 0 Å². The van der Waals surface area contributed by atoms with Gasteiger partial charge in [-0.05, 0) is 39.6 Å². The largest absolute Gasteiger partial charge is 0.349 e. The van der Waals surface area contributed by atoms with Crippen LogP contribution in [0.4, 0.5) is 4.39 Å². The Kier molecular flexibility index (Phi) is 3.55. The normalized spacial score (nSPS) is 10.7. The first-order valence-electron chi connectivity index (χ1n) is 6.30. The molecule has 2 aromatic heterocycles. The quantitative estimate of drug-likeness (QED) is 0.793. The molecule has 0 fully saturated rings. The van der Waals surface area contributed by atoms with Crippen LogP contribution in [-0.4, -0.2) is 34.4 Å². The van der Waals surface area contributed by atoms with E-state index in [4.69, 9.17) is 0 Å². The third-order valence-electron chi connectivity index (χ3n) is 3.01. The molecule has 0 aliphatic carbocycles. The highest BCUT2D eigenvalue weighted by Crippen LogP contribution is 2.25. The number of pyridine rings is 1. The van der Waals surface area contributed by atoms with E-state index in [2.05, 4.69) is 25.2 Å². The maximum atomic E-state index is 12.2. The fraction of sp³-hybridized carbons (Fsp3) is 0.143. The number of fused-ring (bicyclic) bond motifs is 1. The van der Waals surface area contributed by atoms with Gasteiger partial charge in [0.15, 0.2) is 0 Å². The lowest BCUT2D eigenvalue weighted by Gasteiger charge is -2.08. The number of nitrogens with one attached hydrogen (secondary N) is 1. The Balaban J connectivity index is 2.03. The lowest BCUT2D eigenvalue weighted by Crippen LogP contribution is -2.26. The first-order valence-corrected chi connectivity index (χ1v) is 6.30. The van der Waals surface area contributed by atoms with Crippen LogP contribution < -0.4 is 5.32 Å². The summed E-state index contributed by atoms with van der Waals surface area (Å²) in [5.41, 5.74) is 3.08. The van der Waals surface area contributed by atoms with Crippen molar-refractivity contribution in [2.24, 2.45) is 0 Å². The molecule has 3 rings (SSSR count). The van der Waals surface area contributed by atoms with Gasteiger partial charge in [0.05, 0.1) is 5.56 Å². The number of aromatic nitrogens is 3. The van der Waals surface area contributed by atoms with E-state index in [1.807, 2.05) is 6.07 Å². The van der Waals surface area contributed by atoms with Gasteiger partial charge in [-0.1, -0.05) is 6.07 Å². The number of halogens is 1. The van der Waals surface area contributed by atoms with E-state index in [0.29, 0.717) is 22.2 Å². The number of carbonyl (C=O) groups excluding carboxylic acids is 1. The van der Waals surface area contributed by atoms with E-state index in [-0.39, 0.29) is 12.5 Å². The van der Waals surface area contributed by atoms with Crippen molar-refractivity contribution in [1.82, 2.24) is 20.6 Å². The molecule has 106 valence electrons. The Hall–Kier alpha value is -2.83. The molecular weight excluding hydrogens is 275 g/mol. The van der Waals surface area contributed by atoms with Crippen molar-refractivity contribution in [3.05, 3.63) is 42.2 Å². The highest BCUT2D eigenvalue weighted by atomic mass is 19.1. The second-order valence-corrected chi connectivity index (χ2v) is 4.33. The van der Waals surface area contributed by atoms with E-state index in [1.54, 1.807) is 24.4 Å². The number of benzene rings is 1. The highest BCUT2D eigenvalue weighted by molar-refractivity contribution is 6.01. The predicted molar refractivity (Wildman–Crippen MR) is 73.3 cm³/mol. The average molecular weight is 286 g/mol. The average Bonchev–Trinajstić information content (AvgIpc) is 3.00. The van der Waals surface area contributed by atoms with E-state index in [1.165, 1.54) is 6.20 Å². The fourth-order valence-electron chi connectivity index (χ4n) is 2.03. The summed E-state index contributed by atoms with van der Waals surface area (Å²) < 4.78 is 16.8. The first-order chi connectivity index (χ1) is 10.3. The maximum Gasteiger partial charge on any atom is 0.253 e. The molecule has 0 saturated heterocycles. The van der Waals surface area contributed by atoms with Crippen molar-refractivity contribution in [2.45, 2.75) is 0 Å². The van der Waals surface area contributed by atoms with Gasteiger partial charge >= 0.3 is 0 Å². The molecule has 0 saturated carbocycles. The van der Waals surface area contributed by atoms with Crippen molar-refractivity contribution in [2.75, 3.05) is 13.2 Å². The van der Waals surface area contributed by atoms with E-state index in [9.17, 15) is 9.18 Å². The standard InChI is InChI=1S/C14H11FN4O2/c15-4-6-17-14(20)11-8-16-5-3-10(11)9-1-2-12-13(7-9)19-21-18-12/h1-3,5,7-8H,4,6H2,(H,17,20). The fourth-order valence-corrected chi connectivity index (χ4v) is 2.03. The molecular formula is C14H11FN4O2. The van der Waals surface area contributed by atoms with Crippen LogP contribution in [0.3, 0.4) is 0 Å². The summed E-state index contributed by atoms with van der Waals surface area (Å²) in [6, 6.07) is 7.06. The minimum Gasteiger partial charge on any atom is -0.349 e. The number of amides is 1. The van der Waals surface area contributed by atoms with Crippen LogP contribution in [0.5, 0.6) is 0 Å². The number of alkyl halides is 1. The number of hydrogen-bond acceptors (Lipinski definition) is 5. The second kappa shape index (κ2) is 5.66. The van der Waals surface area contributed by atoms with Crippen LogP contribution in [0.25, 0.3) is 22.2 Å². The summed E-state index contributed by atoms with van der Waals surface area (Å²) in [6.07, 6.45) is 3.04. The van der Waals surface area contributed by atoms with Gasteiger partial charge in [-0.2, -0.15) is 0 Å². The number of nitrogens with zero attached hydrogens (tertiary/aromatic N) is 3. The molecule has 7 heteroatoms. The van der Waals surface area contributed by atoms with Gasteiger partial charge in [0.1, 0.15) is 17.7 Å². The zero-order valence-corrected chi connectivity index (χ0v) is 10.9. The van der Waals surface area contributed by atoms with Gasteiger partial charge in [0.25, 0.3) is 5.91 Å². The Morgan fingerprint density at radius 1 is 1.24 bits per heavy atom. The van der Waals surface area contributed by atoms with Gasteiger partial charge in [0, 0.05) is 18.9 Å². The van der Waals surface area contributed by atoms with Crippen LogP contribution in [0.15, 0.2) is 41.3 Å². The minimum absolute atomic E-state index is 0.0284. The molecule has 1 amide bonds. The molecule has 0 aliphatic rings. The molecule has 0 atom stereocenters. The summed E-state index contributed by atoms with van der Waals surface area (Å²) in [5.74, 6) is -0.367. The smallest absolute Gasteiger partial charge is 0.253 e. The summed E-state index contributed by atoms with van der Waals surface area (Å²) >= 11 is 0. The van der Waals surface area contributed by atoms with Gasteiger partial charge < -0.3 is 5.32 Å². The molecule has 2 heterocycles. The molecule has 0 spiro atoms. The van der Waals surface area contributed by atoms with E-state index in [0.717, 1.165) is 5.56 Å². The summed E-state index contributed by atoms with van der Waals surface area (Å²) in [4.78, 5) is 16.0. The third kappa shape index (κ3) is 2.58. The molecule has 0 aliphatic heterocycles. The lowest BCUT2D eigenvalue weighted by molar-refractivity contribution is 0.0951. The van der Waals surface area contributed by atoms with Gasteiger partial charge in [0.2, 0.25) is 0 Å². The lowest BCUT2D eigenvalue weighted by atomic mass is 10.0. The molecule has 1 aromatic carbocycles. The van der Waals surface area contributed by atoms with Gasteiger partial charge in [-0.3, -0.25) is 9.78 Å². The minimum atomic E-state index is -0.613. The predicted octanol–water partition coefficient (Wildman–Crippen LogP) is 1.98. The Morgan fingerprint density at radius 3 is 2.95 bits per heavy atom. The third-order valence-corrected chi connectivity index (χ3v) is 3.01. The SMILES string of the molecule is O=C(NCCF)c1cnccc1-c1ccc2nonc2c1. The Morgan fingerprint density at radius 2 is 2.10 bits per heavy atom. The Labute approximate surface area is 118 Å². The van der Waals surface area contributed by atoms with Crippen LogP contribution in [0.1, 0.15) is 10.4 Å². The van der Waals surface area contributed by atoms with E-state index >= 15 is 0 Å². The summed E-state index contributed by atoms with van der Waals surface area (Å²) in [7, 11) is 0. The summed E-state index contributed by atoms with van der Waals surface area (Å²) in [6.45, 7) is -0.642. The first kappa shape index (κ1) is 13.2. The van der Waals surface area contributed by atoms with Crippen LogP contribution in [0.2, 0.25) is 0 Å². The van der Waals surface area contributed by atoms with Crippen LogP contribution in [-0.2, 0) is 0 Å². The highest BCUT2D eigenvalue weighted by Gasteiger charge is 2.13. The topological polar surface area (TPSA) is 80.9 Å². The number of rotatable bonds is 4. The van der Waals surface area contributed by atoms with E-state index < -0.39 is 6.67 Å². The molecule has 0 bridgehead atoms. The molecule has 0 unspecified atom stereocenters. The molecule has 21 heavy (non-hydrogen) atoms. The van der Waals surface area contributed by atoms with Crippen LogP contribution in [0, 0.1) is 0 Å². The number of hydrogen-bond donors (Lipinski definition) is 1. The van der Waals surface area contributed by atoms with Crippen LogP contribution >= 0.6 is 0 Å². The van der Waals surface area contributed by atoms with Crippen molar-refractivity contribution < 1.29 is 13.8 Å². The van der Waals surface area contributed by atoms with Crippen molar-refractivity contribution >= 4 is 16.9 Å². The second-order valence-electron chi connectivity index (χ2n) is 4.33. The monoisotopic (exact) mass is 286 g/mol. The molecule has 0 radical (unpaired) electrons. The Bertz CT molecular complexity index is 787. The van der Waals surface area contributed by atoms with Crippen molar-refractivity contribution in [1.29, 1.82) is 0 Å².